The molecule has 6 nitrogen and oxygen atoms in total. The maximum absolute atomic E-state index is 11.4. The molecule has 0 atom stereocenters. The zero-order chi connectivity index (χ0) is 13.3. The van der Waals surface area contributed by atoms with Crippen LogP contribution in [0.15, 0.2) is 0 Å². The number of ether oxygens (including phenoxy) is 3. The summed E-state index contributed by atoms with van der Waals surface area (Å²) in [5.74, 6) is -1.70. The normalized spacial score (nSPS) is 9.88. The van der Waals surface area contributed by atoms with Crippen LogP contribution in [0.25, 0.3) is 0 Å². The number of hydrogen-bond acceptors (Lipinski definition) is 6. The van der Waals surface area contributed by atoms with Gasteiger partial charge >= 0.3 is 17.9 Å². The first-order valence-electron chi connectivity index (χ1n) is 5.26. The third-order valence-electron chi connectivity index (χ3n) is 2.38. The summed E-state index contributed by atoms with van der Waals surface area (Å²) in [7, 11) is 3.83. The Labute approximate surface area is 100 Å². The zero-order valence-electron chi connectivity index (χ0n) is 10.4. The van der Waals surface area contributed by atoms with Crippen molar-refractivity contribution >= 4 is 17.9 Å². The Morgan fingerprint density at radius 1 is 0.824 bits per heavy atom. The molecule has 0 saturated heterocycles. The Bertz CT molecular complexity index is 253. The van der Waals surface area contributed by atoms with Crippen molar-refractivity contribution in [3.05, 3.63) is 0 Å². The molecule has 0 heterocycles. The minimum atomic E-state index is -0.488. The topological polar surface area (TPSA) is 78.9 Å². The molecule has 0 aliphatic heterocycles. The van der Waals surface area contributed by atoms with E-state index in [4.69, 9.17) is 0 Å². The monoisotopic (exact) mass is 246 g/mol. The number of esters is 3. The van der Waals surface area contributed by atoms with Gasteiger partial charge in [-0.05, 0) is 12.8 Å². The molecule has 0 radical (unpaired) electrons. The first-order valence-corrected chi connectivity index (χ1v) is 5.26. The second-order valence-corrected chi connectivity index (χ2v) is 3.45. The van der Waals surface area contributed by atoms with Crippen LogP contribution in [0.1, 0.15) is 25.7 Å². The van der Waals surface area contributed by atoms with Crippen LogP contribution >= 0.6 is 0 Å². The van der Waals surface area contributed by atoms with Crippen molar-refractivity contribution in [2.24, 2.45) is 5.92 Å². The van der Waals surface area contributed by atoms with Crippen LogP contribution in [0, 0.1) is 5.92 Å². The van der Waals surface area contributed by atoms with Gasteiger partial charge in [-0.1, -0.05) is 0 Å². The molecule has 0 aromatic carbocycles. The lowest BCUT2D eigenvalue weighted by Crippen LogP contribution is -2.19. The molecule has 98 valence electrons. The molecule has 0 N–H and O–H groups in total. The predicted octanol–water partition coefficient (Wildman–Crippen LogP) is 0.682. The van der Waals surface area contributed by atoms with Gasteiger partial charge in [-0.3, -0.25) is 14.4 Å². The molecule has 6 heteroatoms. The maximum Gasteiger partial charge on any atom is 0.308 e. The van der Waals surface area contributed by atoms with E-state index in [9.17, 15) is 14.4 Å². The molecule has 0 aromatic rings. The highest BCUT2D eigenvalue weighted by atomic mass is 16.5. The highest BCUT2D eigenvalue weighted by Gasteiger charge is 2.21. The summed E-state index contributed by atoms with van der Waals surface area (Å²) in [6, 6.07) is 0. The molecular formula is C11H18O6. The van der Waals surface area contributed by atoms with E-state index >= 15 is 0 Å². The van der Waals surface area contributed by atoms with E-state index in [0.29, 0.717) is 12.8 Å². The van der Waals surface area contributed by atoms with Gasteiger partial charge < -0.3 is 14.2 Å². The van der Waals surface area contributed by atoms with Crippen LogP contribution in [-0.4, -0.2) is 39.2 Å². The second-order valence-electron chi connectivity index (χ2n) is 3.45. The van der Waals surface area contributed by atoms with E-state index in [1.54, 1.807) is 0 Å². The maximum atomic E-state index is 11.4. The highest BCUT2D eigenvalue weighted by molar-refractivity contribution is 5.75. The zero-order valence-corrected chi connectivity index (χ0v) is 10.4. The quantitative estimate of drug-likeness (QED) is 0.485. The number of methoxy groups -OCH3 is 3. The van der Waals surface area contributed by atoms with Gasteiger partial charge in [0.15, 0.2) is 0 Å². The standard InChI is InChI=1S/C11H18O6/c1-15-9(12)6-4-8(11(14)17-3)5-7-10(13)16-2/h8H,4-7H2,1-3H3. The summed E-state index contributed by atoms with van der Waals surface area (Å²) in [6.45, 7) is 0. The summed E-state index contributed by atoms with van der Waals surface area (Å²) in [5, 5.41) is 0. The number of carbonyl (C=O) groups excluding carboxylic acids is 3. The molecule has 0 fully saturated rings. The van der Waals surface area contributed by atoms with Crippen LogP contribution in [0.5, 0.6) is 0 Å². The molecule has 17 heavy (non-hydrogen) atoms. The van der Waals surface area contributed by atoms with Crippen LogP contribution in [-0.2, 0) is 28.6 Å². The lowest BCUT2D eigenvalue weighted by atomic mass is 9.98. The summed E-state index contributed by atoms with van der Waals surface area (Å²) in [4.78, 5) is 33.3. The van der Waals surface area contributed by atoms with Gasteiger partial charge in [0.25, 0.3) is 0 Å². The molecule has 0 rings (SSSR count). The smallest absolute Gasteiger partial charge is 0.308 e. The predicted molar refractivity (Wildman–Crippen MR) is 58.0 cm³/mol. The SMILES string of the molecule is COC(=O)CCC(CCC(=O)OC)C(=O)OC. The van der Waals surface area contributed by atoms with Crippen LogP contribution in [0.4, 0.5) is 0 Å². The molecule has 0 aromatic heterocycles. The minimum Gasteiger partial charge on any atom is -0.469 e. The molecule has 0 amide bonds. The van der Waals surface area contributed by atoms with Gasteiger partial charge in [0, 0.05) is 12.8 Å². The van der Waals surface area contributed by atoms with Crippen molar-refractivity contribution in [2.45, 2.75) is 25.7 Å². The lowest BCUT2D eigenvalue weighted by molar-refractivity contribution is -0.147. The molecule has 0 aliphatic rings. The molecule has 0 spiro atoms. The van der Waals surface area contributed by atoms with Gasteiger partial charge in [0.05, 0.1) is 27.2 Å². The molecule has 0 saturated carbocycles. The van der Waals surface area contributed by atoms with Gasteiger partial charge in [0.2, 0.25) is 0 Å². The fourth-order valence-electron chi connectivity index (χ4n) is 1.33. The van der Waals surface area contributed by atoms with E-state index in [1.165, 1.54) is 21.3 Å². The molecule has 0 aliphatic carbocycles. The van der Waals surface area contributed by atoms with Crippen molar-refractivity contribution in [1.29, 1.82) is 0 Å². The summed E-state index contributed by atoms with van der Waals surface area (Å²) in [5.41, 5.74) is 0. The largest absolute Gasteiger partial charge is 0.469 e. The van der Waals surface area contributed by atoms with Crippen molar-refractivity contribution < 1.29 is 28.6 Å². The lowest BCUT2D eigenvalue weighted by Gasteiger charge is -2.12. The van der Waals surface area contributed by atoms with Crippen LogP contribution in [0.2, 0.25) is 0 Å². The Hall–Kier alpha value is -1.59. The van der Waals surface area contributed by atoms with E-state index in [2.05, 4.69) is 14.2 Å². The Kier molecular flexibility index (Phi) is 7.75. The number of hydrogen-bond donors (Lipinski definition) is 0. The molecule has 0 unspecified atom stereocenters. The average molecular weight is 246 g/mol. The van der Waals surface area contributed by atoms with Crippen molar-refractivity contribution in [1.82, 2.24) is 0 Å². The third-order valence-corrected chi connectivity index (χ3v) is 2.38. The first kappa shape index (κ1) is 15.4. The van der Waals surface area contributed by atoms with Crippen molar-refractivity contribution in [3.8, 4) is 0 Å². The number of rotatable bonds is 7. The van der Waals surface area contributed by atoms with Crippen molar-refractivity contribution in [2.75, 3.05) is 21.3 Å². The fraction of sp³-hybridized carbons (Fsp3) is 0.727. The fourth-order valence-corrected chi connectivity index (χ4v) is 1.33. The minimum absolute atomic E-state index is 0.122. The van der Waals surface area contributed by atoms with Crippen molar-refractivity contribution in [3.63, 3.8) is 0 Å². The molecular weight excluding hydrogens is 228 g/mol. The Balaban J connectivity index is 4.19. The van der Waals surface area contributed by atoms with Gasteiger partial charge in [-0.2, -0.15) is 0 Å². The van der Waals surface area contributed by atoms with Gasteiger partial charge in [0.1, 0.15) is 0 Å². The van der Waals surface area contributed by atoms with E-state index in [1.807, 2.05) is 0 Å². The van der Waals surface area contributed by atoms with E-state index < -0.39 is 23.8 Å². The molecule has 0 bridgehead atoms. The summed E-state index contributed by atoms with van der Waals surface area (Å²) < 4.78 is 13.6. The number of carbonyl (C=O) groups is 3. The summed E-state index contributed by atoms with van der Waals surface area (Å²) >= 11 is 0. The summed E-state index contributed by atoms with van der Waals surface area (Å²) in [6.07, 6.45) is 0.849. The second kappa shape index (κ2) is 8.55. The Morgan fingerprint density at radius 3 is 1.53 bits per heavy atom. The third kappa shape index (κ3) is 6.55. The highest BCUT2D eigenvalue weighted by Crippen LogP contribution is 2.16. The van der Waals surface area contributed by atoms with E-state index in [0.717, 1.165) is 0 Å². The Morgan fingerprint density at radius 2 is 1.24 bits per heavy atom. The van der Waals surface area contributed by atoms with Gasteiger partial charge in [-0.25, -0.2) is 0 Å². The first-order chi connectivity index (χ1) is 8.04. The average Bonchev–Trinajstić information content (AvgIpc) is 2.36. The van der Waals surface area contributed by atoms with Gasteiger partial charge in [-0.15, -0.1) is 0 Å². The van der Waals surface area contributed by atoms with Crippen LogP contribution < -0.4 is 0 Å². The van der Waals surface area contributed by atoms with E-state index in [-0.39, 0.29) is 12.8 Å². The van der Waals surface area contributed by atoms with Crippen LogP contribution in [0.3, 0.4) is 0 Å².